The van der Waals surface area contributed by atoms with Gasteiger partial charge in [-0.3, -0.25) is 4.90 Å². The van der Waals surface area contributed by atoms with Gasteiger partial charge in [-0.1, -0.05) is 16.8 Å². The van der Waals surface area contributed by atoms with Crippen molar-refractivity contribution in [1.29, 1.82) is 0 Å². The highest BCUT2D eigenvalue weighted by molar-refractivity contribution is 6.30. The summed E-state index contributed by atoms with van der Waals surface area (Å²) in [7, 11) is 0. The Balaban J connectivity index is 1.37. The fourth-order valence-corrected chi connectivity index (χ4v) is 3.39. The monoisotopic (exact) mass is 386 g/mol. The number of nitrogens with zero attached hydrogens (tertiary/aromatic N) is 4. The summed E-state index contributed by atoms with van der Waals surface area (Å²) in [5.74, 6) is 0.975. The Hall–Kier alpha value is -2.44. The van der Waals surface area contributed by atoms with Gasteiger partial charge < -0.3 is 9.42 Å². The number of halogens is 2. The zero-order valence-electron chi connectivity index (χ0n) is 14.8. The van der Waals surface area contributed by atoms with Gasteiger partial charge in [0.25, 0.3) is 0 Å². The van der Waals surface area contributed by atoms with Crippen LogP contribution in [-0.4, -0.2) is 41.2 Å². The predicted octanol–water partition coefficient (Wildman–Crippen LogP) is 4.24. The molecule has 1 saturated heterocycles. The van der Waals surface area contributed by atoms with E-state index in [0.29, 0.717) is 23.3 Å². The van der Waals surface area contributed by atoms with E-state index in [0.717, 1.165) is 43.9 Å². The van der Waals surface area contributed by atoms with Crippen molar-refractivity contribution < 1.29 is 8.91 Å². The van der Waals surface area contributed by atoms with Crippen molar-refractivity contribution in [3.63, 3.8) is 0 Å². The molecule has 0 unspecified atom stereocenters. The molecule has 0 atom stereocenters. The van der Waals surface area contributed by atoms with E-state index in [-0.39, 0.29) is 5.82 Å². The highest BCUT2D eigenvalue weighted by Crippen LogP contribution is 2.20. The van der Waals surface area contributed by atoms with Crippen LogP contribution in [0.4, 0.5) is 10.1 Å². The fraction of sp³-hybridized carbons (Fsp3) is 0.300. The van der Waals surface area contributed by atoms with Crippen molar-refractivity contribution in [1.82, 2.24) is 15.0 Å². The van der Waals surface area contributed by atoms with Crippen molar-refractivity contribution in [2.75, 3.05) is 31.1 Å². The van der Waals surface area contributed by atoms with Crippen molar-refractivity contribution in [3.8, 4) is 11.4 Å². The van der Waals surface area contributed by atoms with Gasteiger partial charge in [0.1, 0.15) is 5.82 Å². The van der Waals surface area contributed by atoms with Crippen LogP contribution in [0, 0.1) is 5.82 Å². The van der Waals surface area contributed by atoms with Gasteiger partial charge in [0, 0.05) is 42.5 Å². The molecule has 7 heteroatoms. The molecule has 1 aliphatic rings. The molecular formula is C20H20ClFN4O. The molecule has 0 amide bonds. The summed E-state index contributed by atoms with van der Waals surface area (Å²) in [5.41, 5.74) is 1.94. The lowest BCUT2D eigenvalue weighted by Crippen LogP contribution is -2.30. The number of benzene rings is 2. The third kappa shape index (κ3) is 4.46. The molecule has 0 N–H and O–H groups in total. The molecule has 5 nitrogen and oxygen atoms in total. The van der Waals surface area contributed by atoms with Crippen LogP contribution in [0.1, 0.15) is 12.3 Å². The molecule has 0 bridgehead atoms. The molecule has 1 aromatic heterocycles. The van der Waals surface area contributed by atoms with Crippen LogP contribution in [-0.2, 0) is 6.54 Å². The Morgan fingerprint density at radius 2 is 1.74 bits per heavy atom. The minimum atomic E-state index is -0.205. The lowest BCUT2D eigenvalue weighted by atomic mass is 10.2. The molecule has 27 heavy (non-hydrogen) atoms. The van der Waals surface area contributed by atoms with E-state index in [2.05, 4.69) is 19.9 Å². The normalized spacial score (nSPS) is 15.7. The van der Waals surface area contributed by atoms with Crippen molar-refractivity contribution >= 4 is 17.3 Å². The molecule has 0 saturated carbocycles. The van der Waals surface area contributed by atoms with Gasteiger partial charge >= 0.3 is 0 Å². The minimum Gasteiger partial charge on any atom is -0.370 e. The van der Waals surface area contributed by atoms with Crippen LogP contribution in [0.3, 0.4) is 0 Å². The van der Waals surface area contributed by atoms with Crippen molar-refractivity contribution in [2.45, 2.75) is 13.0 Å². The maximum Gasteiger partial charge on any atom is 0.241 e. The first-order chi connectivity index (χ1) is 13.2. The molecule has 4 rings (SSSR count). The van der Waals surface area contributed by atoms with E-state index < -0.39 is 0 Å². The number of hydrogen-bond donors (Lipinski definition) is 0. The topological polar surface area (TPSA) is 45.4 Å². The van der Waals surface area contributed by atoms with Crippen LogP contribution >= 0.6 is 11.6 Å². The molecule has 1 aliphatic heterocycles. The second-order valence-electron chi connectivity index (χ2n) is 6.61. The third-order valence-electron chi connectivity index (χ3n) is 4.71. The maximum absolute atomic E-state index is 13.1. The van der Waals surface area contributed by atoms with Gasteiger partial charge in [-0.05, 0) is 55.0 Å². The summed E-state index contributed by atoms with van der Waals surface area (Å²) < 4.78 is 18.6. The number of hydrogen-bond acceptors (Lipinski definition) is 5. The lowest BCUT2D eigenvalue weighted by molar-refractivity contribution is 0.239. The Kier molecular flexibility index (Phi) is 5.36. The maximum atomic E-state index is 13.1. The first-order valence-electron chi connectivity index (χ1n) is 8.99. The molecule has 140 valence electrons. The molecular weight excluding hydrogens is 367 g/mol. The number of aromatic nitrogens is 2. The number of anilines is 1. The van der Waals surface area contributed by atoms with Crippen LogP contribution in [0.25, 0.3) is 11.4 Å². The average Bonchev–Trinajstić information content (AvgIpc) is 3.01. The summed E-state index contributed by atoms with van der Waals surface area (Å²) in [6, 6.07) is 14.1. The smallest absolute Gasteiger partial charge is 0.241 e. The van der Waals surface area contributed by atoms with E-state index in [1.807, 2.05) is 36.4 Å². The first kappa shape index (κ1) is 17.9. The largest absolute Gasteiger partial charge is 0.370 e. The molecule has 0 aliphatic carbocycles. The zero-order chi connectivity index (χ0) is 18.6. The molecule has 2 aromatic carbocycles. The second kappa shape index (κ2) is 8.06. The second-order valence-corrected chi connectivity index (χ2v) is 7.05. The quantitative estimate of drug-likeness (QED) is 0.671. The minimum absolute atomic E-state index is 0.205. The first-order valence-corrected chi connectivity index (χ1v) is 9.36. The fourth-order valence-electron chi connectivity index (χ4n) is 3.27. The Morgan fingerprint density at radius 3 is 2.52 bits per heavy atom. The van der Waals surface area contributed by atoms with Gasteiger partial charge in [-0.15, -0.1) is 0 Å². The van der Waals surface area contributed by atoms with Crippen LogP contribution < -0.4 is 4.90 Å². The average molecular weight is 387 g/mol. The van der Waals surface area contributed by atoms with Gasteiger partial charge in [0.05, 0.1) is 6.54 Å². The van der Waals surface area contributed by atoms with E-state index in [4.69, 9.17) is 16.1 Å². The Labute approximate surface area is 162 Å². The number of rotatable bonds is 4. The van der Waals surface area contributed by atoms with Crippen LogP contribution in [0.15, 0.2) is 53.1 Å². The summed E-state index contributed by atoms with van der Waals surface area (Å²) in [4.78, 5) is 9.10. The highest BCUT2D eigenvalue weighted by Gasteiger charge is 2.18. The van der Waals surface area contributed by atoms with Crippen molar-refractivity contribution in [3.05, 3.63) is 65.3 Å². The summed E-state index contributed by atoms with van der Waals surface area (Å²) in [5, 5.41) is 4.75. The van der Waals surface area contributed by atoms with Gasteiger partial charge in [-0.25, -0.2) is 4.39 Å². The van der Waals surface area contributed by atoms with Crippen LogP contribution in [0.5, 0.6) is 0 Å². The standard InChI is InChI=1S/C20H20ClFN4O/c21-16-4-2-15(3-5-16)20-23-19(27-24-20)14-25-10-1-11-26(13-12-25)18-8-6-17(22)7-9-18/h2-9H,1,10-14H2. The van der Waals surface area contributed by atoms with E-state index in [9.17, 15) is 4.39 Å². The lowest BCUT2D eigenvalue weighted by Gasteiger charge is -2.23. The molecule has 3 aromatic rings. The Bertz CT molecular complexity index is 882. The van der Waals surface area contributed by atoms with E-state index in [1.165, 1.54) is 12.1 Å². The predicted molar refractivity (Wildman–Crippen MR) is 103 cm³/mol. The highest BCUT2D eigenvalue weighted by atomic mass is 35.5. The molecule has 0 spiro atoms. The molecule has 1 fully saturated rings. The summed E-state index contributed by atoms with van der Waals surface area (Å²) in [6.07, 6.45) is 1.02. The summed E-state index contributed by atoms with van der Waals surface area (Å²) in [6.45, 7) is 4.29. The molecule has 2 heterocycles. The van der Waals surface area contributed by atoms with Gasteiger partial charge in [0.15, 0.2) is 0 Å². The van der Waals surface area contributed by atoms with Crippen LogP contribution in [0.2, 0.25) is 5.02 Å². The van der Waals surface area contributed by atoms with Gasteiger partial charge in [0.2, 0.25) is 11.7 Å². The van der Waals surface area contributed by atoms with E-state index in [1.54, 1.807) is 0 Å². The van der Waals surface area contributed by atoms with E-state index >= 15 is 0 Å². The third-order valence-corrected chi connectivity index (χ3v) is 4.96. The zero-order valence-corrected chi connectivity index (χ0v) is 15.6. The summed E-state index contributed by atoms with van der Waals surface area (Å²) >= 11 is 5.92. The van der Waals surface area contributed by atoms with Gasteiger partial charge in [-0.2, -0.15) is 4.98 Å². The Morgan fingerprint density at radius 1 is 0.963 bits per heavy atom. The van der Waals surface area contributed by atoms with Crippen molar-refractivity contribution in [2.24, 2.45) is 0 Å². The molecule has 0 radical (unpaired) electrons. The SMILES string of the molecule is Fc1ccc(N2CCCN(Cc3nc(-c4ccc(Cl)cc4)no3)CC2)cc1.